The van der Waals surface area contributed by atoms with Crippen LogP contribution in [0.5, 0.6) is 5.75 Å². The molecule has 1 aromatic heterocycles. The Morgan fingerprint density at radius 3 is 2.68 bits per heavy atom. The smallest absolute Gasteiger partial charge is 0.291 e. The quantitative estimate of drug-likeness (QED) is 0.661. The van der Waals surface area contributed by atoms with Crippen LogP contribution in [0.4, 0.5) is 11.4 Å². The number of rotatable bonds is 4. The number of anilines is 2. The SMILES string of the molecule is COc1ccc(-c2ccc(C(=O)Nc3cc(N)ccc3C)o2)cc1Cl. The maximum atomic E-state index is 12.4. The molecule has 0 aliphatic carbocycles. The van der Waals surface area contributed by atoms with Crippen molar-refractivity contribution < 1.29 is 13.9 Å². The number of nitrogens with two attached hydrogens (primary N) is 1. The van der Waals surface area contributed by atoms with Crippen molar-refractivity contribution in [1.82, 2.24) is 0 Å². The van der Waals surface area contributed by atoms with Crippen molar-refractivity contribution in [2.75, 3.05) is 18.2 Å². The highest BCUT2D eigenvalue weighted by Gasteiger charge is 2.14. The maximum Gasteiger partial charge on any atom is 0.291 e. The lowest BCUT2D eigenvalue weighted by Gasteiger charge is -2.08. The molecule has 5 nitrogen and oxygen atoms in total. The first kappa shape index (κ1) is 16.9. The third kappa shape index (κ3) is 3.61. The van der Waals surface area contributed by atoms with Crippen LogP contribution in [-0.2, 0) is 0 Å². The molecular formula is C19H17ClN2O3. The Hall–Kier alpha value is -2.92. The van der Waals surface area contributed by atoms with E-state index in [1.807, 2.05) is 19.1 Å². The van der Waals surface area contributed by atoms with Crippen molar-refractivity contribution in [2.45, 2.75) is 6.92 Å². The molecule has 1 heterocycles. The standard InChI is InChI=1S/C19H17ClN2O3/c1-11-3-5-13(21)10-15(11)22-19(23)18-8-7-16(25-18)12-4-6-17(24-2)14(20)9-12/h3-10H,21H2,1-2H3,(H,22,23). The van der Waals surface area contributed by atoms with Gasteiger partial charge in [-0.3, -0.25) is 4.79 Å². The molecule has 0 saturated carbocycles. The summed E-state index contributed by atoms with van der Waals surface area (Å²) in [7, 11) is 1.55. The van der Waals surface area contributed by atoms with Crippen LogP contribution in [0.1, 0.15) is 16.1 Å². The van der Waals surface area contributed by atoms with E-state index in [9.17, 15) is 4.79 Å². The monoisotopic (exact) mass is 356 g/mol. The van der Waals surface area contributed by atoms with Gasteiger partial charge in [0, 0.05) is 16.9 Å². The van der Waals surface area contributed by atoms with Crippen LogP contribution in [0, 0.1) is 6.92 Å². The number of amides is 1. The zero-order chi connectivity index (χ0) is 18.0. The number of hydrogen-bond acceptors (Lipinski definition) is 4. The third-order valence-electron chi connectivity index (χ3n) is 3.78. The lowest BCUT2D eigenvalue weighted by molar-refractivity contribution is 0.0997. The number of ether oxygens (including phenoxy) is 1. The van der Waals surface area contributed by atoms with Crippen LogP contribution in [0.2, 0.25) is 5.02 Å². The van der Waals surface area contributed by atoms with Gasteiger partial charge >= 0.3 is 0 Å². The minimum absolute atomic E-state index is 0.198. The second-order valence-electron chi connectivity index (χ2n) is 5.54. The second-order valence-corrected chi connectivity index (χ2v) is 5.95. The van der Waals surface area contributed by atoms with E-state index in [1.54, 1.807) is 43.5 Å². The van der Waals surface area contributed by atoms with Crippen LogP contribution in [0.3, 0.4) is 0 Å². The van der Waals surface area contributed by atoms with Gasteiger partial charge in [0.1, 0.15) is 11.5 Å². The Kier molecular flexibility index (Phi) is 4.67. The molecule has 0 unspecified atom stereocenters. The van der Waals surface area contributed by atoms with Crippen molar-refractivity contribution in [3.63, 3.8) is 0 Å². The molecular weight excluding hydrogens is 340 g/mol. The van der Waals surface area contributed by atoms with Gasteiger partial charge in [-0.15, -0.1) is 0 Å². The normalized spacial score (nSPS) is 10.5. The van der Waals surface area contributed by atoms with Gasteiger partial charge in [0.25, 0.3) is 5.91 Å². The van der Waals surface area contributed by atoms with Crippen molar-refractivity contribution >= 4 is 28.9 Å². The van der Waals surface area contributed by atoms with E-state index in [0.717, 1.165) is 11.1 Å². The minimum Gasteiger partial charge on any atom is -0.495 e. The zero-order valence-corrected chi connectivity index (χ0v) is 14.6. The average molecular weight is 357 g/mol. The lowest BCUT2D eigenvalue weighted by Crippen LogP contribution is -2.12. The Bertz CT molecular complexity index is 934. The van der Waals surface area contributed by atoms with Crippen LogP contribution in [0.15, 0.2) is 52.9 Å². The van der Waals surface area contributed by atoms with Gasteiger partial charge in [-0.2, -0.15) is 0 Å². The molecule has 0 radical (unpaired) electrons. The number of carbonyl (C=O) groups excluding carboxylic acids is 1. The number of benzene rings is 2. The van der Waals surface area contributed by atoms with Crippen molar-refractivity contribution in [1.29, 1.82) is 0 Å². The first-order chi connectivity index (χ1) is 12.0. The van der Waals surface area contributed by atoms with E-state index in [2.05, 4.69) is 5.32 Å². The molecule has 0 atom stereocenters. The van der Waals surface area contributed by atoms with Crippen molar-refractivity contribution in [3.8, 4) is 17.1 Å². The molecule has 0 aliphatic rings. The van der Waals surface area contributed by atoms with E-state index in [4.69, 9.17) is 26.5 Å². The number of methoxy groups -OCH3 is 1. The highest BCUT2D eigenvalue weighted by molar-refractivity contribution is 6.32. The number of aryl methyl sites for hydroxylation is 1. The Morgan fingerprint density at radius 2 is 1.96 bits per heavy atom. The predicted molar refractivity (Wildman–Crippen MR) is 99.3 cm³/mol. The highest BCUT2D eigenvalue weighted by atomic mass is 35.5. The summed E-state index contributed by atoms with van der Waals surface area (Å²) in [4.78, 5) is 12.4. The lowest BCUT2D eigenvalue weighted by atomic mass is 10.1. The molecule has 128 valence electrons. The van der Waals surface area contributed by atoms with Gasteiger partial charge in [-0.25, -0.2) is 0 Å². The van der Waals surface area contributed by atoms with Gasteiger partial charge in [0.05, 0.1) is 12.1 Å². The fourth-order valence-electron chi connectivity index (χ4n) is 2.39. The largest absolute Gasteiger partial charge is 0.495 e. The summed E-state index contributed by atoms with van der Waals surface area (Å²) in [6.45, 7) is 1.89. The van der Waals surface area contributed by atoms with Gasteiger partial charge in [-0.05, 0) is 55.0 Å². The Morgan fingerprint density at radius 1 is 1.16 bits per heavy atom. The molecule has 1 amide bonds. The molecule has 25 heavy (non-hydrogen) atoms. The summed E-state index contributed by atoms with van der Waals surface area (Å²) in [5.41, 5.74) is 8.66. The molecule has 3 N–H and O–H groups in total. The first-order valence-electron chi connectivity index (χ1n) is 7.59. The number of hydrogen-bond donors (Lipinski definition) is 2. The molecule has 6 heteroatoms. The molecule has 0 saturated heterocycles. The summed E-state index contributed by atoms with van der Waals surface area (Å²) < 4.78 is 10.8. The summed E-state index contributed by atoms with van der Waals surface area (Å²) in [6, 6.07) is 14.0. The zero-order valence-electron chi connectivity index (χ0n) is 13.8. The van der Waals surface area contributed by atoms with E-state index < -0.39 is 0 Å². The number of nitrogen functional groups attached to an aromatic ring is 1. The van der Waals surface area contributed by atoms with Crippen molar-refractivity contribution in [3.05, 3.63) is 64.9 Å². The van der Waals surface area contributed by atoms with Crippen LogP contribution < -0.4 is 15.8 Å². The molecule has 0 fully saturated rings. The molecule has 2 aromatic carbocycles. The second kappa shape index (κ2) is 6.91. The molecule has 0 spiro atoms. The summed E-state index contributed by atoms with van der Waals surface area (Å²) >= 11 is 6.13. The maximum absolute atomic E-state index is 12.4. The predicted octanol–water partition coefficient (Wildman–Crippen LogP) is 4.75. The molecule has 3 aromatic rings. The van der Waals surface area contributed by atoms with E-state index in [1.165, 1.54) is 0 Å². The summed E-state index contributed by atoms with van der Waals surface area (Å²) in [5.74, 6) is 0.967. The molecule has 0 bridgehead atoms. The summed E-state index contributed by atoms with van der Waals surface area (Å²) in [6.07, 6.45) is 0. The van der Waals surface area contributed by atoms with E-state index in [0.29, 0.717) is 27.9 Å². The van der Waals surface area contributed by atoms with Crippen molar-refractivity contribution in [2.24, 2.45) is 0 Å². The van der Waals surface area contributed by atoms with E-state index >= 15 is 0 Å². The Balaban J connectivity index is 1.82. The topological polar surface area (TPSA) is 77.5 Å². The first-order valence-corrected chi connectivity index (χ1v) is 7.97. The highest BCUT2D eigenvalue weighted by Crippen LogP contribution is 2.31. The number of nitrogens with one attached hydrogen (secondary N) is 1. The van der Waals surface area contributed by atoms with E-state index in [-0.39, 0.29) is 11.7 Å². The van der Waals surface area contributed by atoms with Crippen LogP contribution in [0.25, 0.3) is 11.3 Å². The molecule has 3 rings (SSSR count). The minimum atomic E-state index is -0.348. The van der Waals surface area contributed by atoms with Gasteiger partial charge in [0.15, 0.2) is 5.76 Å². The number of carbonyl (C=O) groups is 1. The van der Waals surface area contributed by atoms with Crippen LogP contribution >= 0.6 is 11.6 Å². The van der Waals surface area contributed by atoms with Gasteiger partial charge in [-0.1, -0.05) is 17.7 Å². The number of furan rings is 1. The summed E-state index contributed by atoms with van der Waals surface area (Å²) in [5, 5.41) is 3.27. The average Bonchev–Trinajstić information content (AvgIpc) is 3.08. The number of halogens is 1. The van der Waals surface area contributed by atoms with Gasteiger partial charge in [0.2, 0.25) is 0 Å². The third-order valence-corrected chi connectivity index (χ3v) is 4.07. The Labute approximate surface area is 150 Å². The van der Waals surface area contributed by atoms with Gasteiger partial charge < -0.3 is 20.2 Å². The fourth-order valence-corrected chi connectivity index (χ4v) is 2.65. The molecule has 0 aliphatic heterocycles. The van der Waals surface area contributed by atoms with Crippen LogP contribution in [-0.4, -0.2) is 13.0 Å². The fraction of sp³-hybridized carbons (Fsp3) is 0.105.